The third-order valence-corrected chi connectivity index (χ3v) is 6.13. The van der Waals surface area contributed by atoms with Gasteiger partial charge in [0.2, 0.25) is 0 Å². The van der Waals surface area contributed by atoms with Gasteiger partial charge in [-0.05, 0) is 31.2 Å². The summed E-state index contributed by atoms with van der Waals surface area (Å²) in [5, 5.41) is 10.3. The summed E-state index contributed by atoms with van der Waals surface area (Å²) in [5.41, 5.74) is 0.825. The van der Waals surface area contributed by atoms with E-state index in [9.17, 15) is 14.7 Å². The number of thiazole rings is 1. The van der Waals surface area contributed by atoms with Gasteiger partial charge in [0, 0.05) is 11.6 Å². The lowest BCUT2D eigenvalue weighted by Crippen LogP contribution is -2.46. The van der Waals surface area contributed by atoms with Gasteiger partial charge in [-0.15, -0.1) is 11.3 Å². The molecule has 1 saturated heterocycles. The van der Waals surface area contributed by atoms with Gasteiger partial charge in [0.05, 0.1) is 12.5 Å². The molecule has 0 bridgehead atoms. The Morgan fingerprint density at radius 2 is 2.17 bits per heavy atom. The number of amides is 1. The van der Waals surface area contributed by atoms with Gasteiger partial charge in [0.1, 0.15) is 22.2 Å². The fourth-order valence-electron chi connectivity index (χ4n) is 3.99. The van der Waals surface area contributed by atoms with Crippen LogP contribution in [0.1, 0.15) is 41.8 Å². The number of hydrogen-bond acceptors (Lipinski definition) is 5. The Hall–Kier alpha value is -2.15. The predicted molar refractivity (Wildman–Crippen MR) is 87.8 cm³/mol. The molecule has 2 aromatic rings. The van der Waals surface area contributed by atoms with Gasteiger partial charge in [-0.2, -0.15) is 0 Å². The molecule has 3 heterocycles. The molecule has 1 N–H and O–H groups in total. The Morgan fingerprint density at radius 1 is 1.33 bits per heavy atom. The van der Waals surface area contributed by atoms with Crippen molar-refractivity contribution in [3.63, 3.8) is 0 Å². The van der Waals surface area contributed by atoms with Gasteiger partial charge in [0.25, 0.3) is 5.91 Å². The van der Waals surface area contributed by atoms with Crippen molar-refractivity contribution in [2.24, 2.45) is 5.92 Å². The number of nitrogens with zero attached hydrogens (tertiary/aromatic N) is 2. The lowest BCUT2D eigenvalue weighted by molar-refractivity contribution is -0.141. The third-order valence-electron chi connectivity index (χ3n) is 5.09. The van der Waals surface area contributed by atoms with E-state index in [2.05, 4.69) is 4.98 Å². The molecular formula is C17H18N2O4S. The minimum atomic E-state index is -0.905. The van der Waals surface area contributed by atoms with Crippen LogP contribution in [-0.2, 0) is 4.79 Å². The number of carboxylic acid groups (broad SMARTS) is 1. The fourth-order valence-corrected chi connectivity index (χ4v) is 4.84. The molecule has 0 unspecified atom stereocenters. The summed E-state index contributed by atoms with van der Waals surface area (Å²) in [6, 6.07) is 1.12. The fraction of sp³-hybridized carbons (Fsp3) is 0.471. The zero-order valence-corrected chi connectivity index (χ0v) is 13.9. The summed E-state index contributed by atoms with van der Waals surface area (Å²) in [6.45, 7) is 0. The maximum atomic E-state index is 13.0. The smallest absolute Gasteiger partial charge is 0.326 e. The lowest BCUT2D eigenvalue weighted by atomic mass is 9.85. The number of aromatic nitrogens is 1. The Bertz CT molecular complexity index is 754. The summed E-state index contributed by atoms with van der Waals surface area (Å²) in [4.78, 5) is 31.1. The molecule has 7 heteroatoms. The Morgan fingerprint density at radius 3 is 2.92 bits per heavy atom. The van der Waals surface area contributed by atoms with E-state index in [0.717, 1.165) is 31.2 Å². The van der Waals surface area contributed by atoms with Crippen molar-refractivity contribution in [2.75, 3.05) is 0 Å². The molecule has 0 radical (unpaired) electrons. The molecular weight excluding hydrogens is 328 g/mol. The first kappa shape index (κ1) is 15.4. The van der Waals surface area contributed by atoms with Crippen LogP contribution >= 0.6 is 11.3 Å². The second-order valence-corrected chi connectivity index (χ2v) is 7.49. The molecule has 0 spiro atoms. The van der Waals surface area contributed by atoms with Crippen LogP contribution in [0, 0.1) is 5.92 Å². The number of furan rings is 1. The van der Waals surface area contributed by atoms with Crippen LogP contribution in [0.3, 0.4) is 0 Å². The molecule has 1 amide bonds. The lowest BCUT2D eigenvalue weighted by Gasteiger charge is -2.32. The van der Waals surface area contributed by atoms with Crippen LogP contribution < -0.4 is 0 Å². The highest BCUT2D eigenvalue weighted by Crippen LogP contribution is 2.41. The van der Waals surface area contributed by atoms with Gasteiger partial charge in [-0.3, -0.25) is 4.79 Å². The first-order valence-electron chi connectivity index (χ1n) is 8.19. The topological polar surface area (TPSA) is 83.6 Å². The van der Waals surface area contributed by atoms with Crippen molar-refractivity contribution < 1.29 is 19.1 Å². The van der Waals surface area contributed by atoms with Crippen LogP contribution in [0.15, 0.2) is 29.2 Å². The van der Waals surface area contributed by atoms with Gasteiger partial charge in [-0.1, -0.05) is 12.8 Å². The molecule has 3 atom stereocenters. The highest BCUT2D eigenvalue weighted by molar-refractivity contribution is 7.16. The minimum absolute atomic E-state index is 0.0480. The number of carboxylic acids is 1. The second-order valence-electron chi connectivity index (χ2n) is 6.46. The standard InChI is InChI=1S/C17H18N2O4S/c20-16(14-8-18-15(24-14)11-5-6-23-9-11)19-12-4-2-1-3-10(12)7-13(19)17(21)22/h5-6,8-10,12-13H,1-4,7H2,(H,21,22)/t10-,12+,13+/m1/s1. The molecule has 1 aliphatic carbocycles. The molecule has 2 fully saturated rings. The molecule has 126 valence electrons. The number of hydrogen-bond donors (Lipinski definition) is 1. The van der Waals surface area contributed by atoms with Gasteiger partial charge in [-0.25, -0.2) is 9.78 Å². The highest BCUT2D eigenvalue weighted by atomic mass is 32.1. The van der Waals surface area contributed by atoms with Crippen molar-refractivity contribution in [1.29, 1.82) is 0 Å². The van der Waals surface area contributed by atoms with E-state index < -0.39 is 12.0 Å². The van der Waals surface area contributed by atoms with Crippen LogP contribution in [-0.4, -0.2) is 39.0 Å². The zero-order valence-electron chi connectivity index (χ0n) is 13.1. The number of fused-ring (bicyclic) bond motifs is 1. The summed E-state index contributed by atoms with van der Waals surface area (Å²) >= 11 is 1.28. The molecule has 1 aliphatic heterocycles. The van der Waals surface area contributed by atoms with Crippen molar-refractivity contribution >= 4 is 23.2 Å². The quantitative estimate of drug-likeness (QED) is 0.922. The Labute approximate surface area is 143 Å². The van der Waals surface area contributed by atoms with E-state index in [1.165, 1.54) is 11.3 Å². The van der Waals surface area contributed by atoms with Gasteiger partial charge >= 0.3 is 5.97 Å². The maximum absolute atomic E-state index is 13.0. The Balaban J connectivity index is 1.63. The molecule has 2 aliphatic rings. The molecule has 6 nitrogen and oxygen atoms in total. The predicted octanol–water partition coefficient (Wildman–Crippen LogP) is 3.26. The van der Waals surface area contributed by atoms with Crippen LogP contribution in [0.5, 0.6) is 0 Å². The summed E-state index contributed by atoms with van der Waals surface area (Å²) in [7, 11) is 0. The van der Waals surface area contributed by atoms with Crippen LogP contribution in [0.2, 0.25) is 0 Å². The maximum Gasteiger partial charge on any atom is 0.326 e. The van der Waals surface area contributed by atoms with Crippen molar-refractivity contribution in [2.45, 2.75) is 44.2 Å². The average Bonchev–Trinajstić information content (AvgIpc) is 3.31. The van der Waals surface area contributed by atoms with Gasteiger partial charge < -0.3 is 14.4 Å². The summed E-state index contributed by atoms with van der Waals surface area (Å²) in [6.07, 6.45) is 9.35. The first-order chi connectivity index (χ1) is 11.6. The molecule has 1 saturated carbocycles. The van der Waals surface area contributed by atoms with E-state index in [1.807, 2.05) is 0 Å². The molecule has 4 rings (SSSR count). The van der Waals surface area contributed by atoms with Crippen molar-refractivity contribution in [3.8, 4) is 10.6 Å². The molecule has 24 heavy (non-hydrogen) atoms. The Kier molecular flexibility index (Phi) is 3.88. The normalized spacial score (nSPS) is 26.3. The van der Waals surface area contributed by atoms with Gasteiger partial charge in [0.15, 0.2) is 0 Å². The number of carbonyl (C=O) groups is 2. The van der Waals surface area contributed by atoms with E-state index in [0.29, 0.717) is 22.2 Å². The molecule has 0 aromatic carbocycles. The van der Waals surface area contributed by atoms with Crippen molar-refractivity contribution in [3.05, 3.63) is 29.7 Å². The minimum Gasteiger partial charge on any atom is -0.480 e. The largest absolute Gasteiger partial charge is 0.480 e. The summed E-state index contributed by atoms with van der Waals surface area (Å²) in [5.74, 6) is -0.800. The monoisotopic (exact) mass is 346 g/mol. The van der Waals surface area contributed by atoms with E-state index in [-0.39, 0.29) is 11.9 Å². The molecule has 2 aromatic heterocycles. The van der Waals surface area contributed by atoms with E-state index >= 15 is 0 Å². The SMILES string of the molecule is O=C(O)[C@@H]1C[C@H]2CCCC[C@@H]2N1C(=O)c1cnc(-c2ccoc2)s1. The van der Waals surface area contributed by atoms with E-state index in [1.54, 1.807) is 29.7 Å². The zero-order chi connectivity index (χ0) is 16.7. The van der Waals surface area contributed by atoms with Crippen LogP contribution in [0.4, 0.5) is 0 Å². The van der Waals surface area contributed by atoms with E-state index in [4.69, 9.17) is 4.42 Å². The average molecular weight is 346 g/mol. The number of likely N-dealkylation sites (tertiary alicyclic amines) is 1. The summed E-state index contributed by atoms with van der Waals surface area (Å²) < 4.78 is 5.05. The van der Waals surface area contributed by atoms with Crippen molar-refractivity contribution in [1.82, 2.24) is 9.88 Å². The highest BCUT2D eigenvalue weighted by Gasteiger charge is 2.48. The third kappa shape index (κ3) is 2.53. The van der Waals surface area contributed by atoms with Crippen LogP contribution in [0.25, 0.3) is 10.6 Å². The number of aliphatic carboxylic acids is 1. The second kappa shape index (κ2) is 6.05. The number of rotatable bonds is 3. The first-order valence-corrected chi connectivity index (χ1v) is 9.00. The number of carbonyl (C=O) groups excluding carboxylic acids is 1.